The third kappa shape index (κ3) is 2.73. The van der Waals surface area contributed by atoms with Gasteiger partial charge in [-0.1, -0.05) is 68.4 Å². The summed E-state index contributed by atoms with van der Waals surface area (Å²) in [6, 6.07) is 27.7. The van der Waals surface area contributed by atoms with Crippen LogP contribution in [0.25, 0.3) is 22.5 Å². The van der Waals surface area contributed by atoms with Crippen LogP contribution >= 0.6 is 0 Å². The van der Waals surface area contributed by atoms with Crippen molar-refractivity contribution in [3.8, 4) is 22.5 Å². The molecule has 2 aromatic heterocycles. The van der Waals surface area contributed by atoms with Gasteiger partial charge in [0.25, 0.3) is 0 Å². The molecule has 2 nitrogen and oxygen atoms in total. The lowest BCUT2D eigenvalue weighted by Crippen LogP contribution is -2.20. The van der Waals surface area contributed by atoms with E-state index >= 15 is 0 Å². The van der Waals surface area contributed by atoms with Crippen molar-refractivity contribution in [3.63, 3.8) is 0 Å². The second kappa shape index (κ2) is 6.42. The molecule has 0 aliphatic heterocycles. The quantitative estimate of drug-likeness (QED) is 0.391. The zero-order valence-corrected chi connectivity index (χ0v) is 16.2. The maximum Gasteiger partial charge on any atom is 0.0744 e. The summed E-state index contributed by atoms with van der Waals surface area (Å²) >= 11 is 0. The van der Waals surface area contributed by atoms with Crippen molar-refractivity contribution in [2.24, 2.45) is 0 Å². The Morgan fingerprint density at radius 2 is 1.57 bits per heavy atom. The van der Waals surface area contributed by atoms with E-state index in [1.54, 1.807) is 0 Å². The summed E-state index contributed by atoms with van der Waals surface area (Å²) in [5.74, 6) is 0. The zero-order valence-electron chi connectivity index (χ0n) is 16.2. The van der Waals surface area contributed by atoms with Crippen LogP contribution in [0, 0.1) is 0 Å². The summed E-state index contributed by atoms with van der Waals surface area (Å²) in [7, 11) is 0. The standard InChI is InChI=1S/C26H22N2/c1-26(2,21-8-4-3-5-9-21)24-14-13-20-16-18-11-12-19(17-22(18)25(20)28-24)23-10-6-7-15-27-23/h3-15,17H,16H2,1-2H3. The Morgan fingerprint density at radius 3 is 2.36 bits per heavy atom. The number of hydrogen-bond acceptors (Lipinski definition) is 2. The van der Waals surface area contributed by atoms with Crippen molar-refractivity contribution in [1.82, 2.24) is 9.97 Å². The van der Waals surface area contributed by atoms with Crippen LogP contribution in [-0.2, 0) is 11.8 Å². The second-order valence-electron chi connectivity index (χ2n) is 7.96. The van der Waals surface area contributed by atoms with Crippen LogP contribution in [0.2, 0.25) is 0 Å². The molecule has 2 aromatic carbocycles. The molecule has 0 atom stereocenters. The first kappa shape index (κ1) is 16.9. The summed E-state index contributed by atoms with van der Waals surface area (Å²) < 4.78 is 0. The average Bonchev–Trinajstić information content (AvgIpc) is 3.12. The Morgan fingerprint density at radius 1 is 0.786 bits per heavy atom. The fourth-order valence-corrected chi connectivity index (χ4v) is 4.06. The minimum absolute atomic E-state index is 0.141. The number of benzene rings is 2. The molecular weight excluding hydrogens is 340 g/mol. The van der Waals surface area contributed by atoms with E-state index in [1.807, 2.05) is 18.3 Å². The first-order valence-electron chi connectivity index (χ1n) is 9.73. The van der Waals surface area contributed by atoms with Gasteiger partial charge in [-0.2, -0.15) is 0 Å². The highest BCUT2D eigenvalue weighted by Gasteiger charge is 2.28. The van der Waals surface area contributed by atoms with Crippen molar-refractivity contribution in [2.45, 2.75) is 25.7 Å². The van der Waals surface area contributed by atoms with E-state index in [1.165, 1.54) is 22.3 Å². The van der Waals surface area contributed by atoms with Crippen molar-refractivity contribution in [1.29, 1.82) is 0 Å². The van der Waals surface area contributed by atoms with Crippen molar-refractivity contribution >= 4 is 0 Å². The first-order chi connectivity index (χ1) is 13.6. The van der Waals surface area contributed by atoms with E-state index in [-0.39, 0.29) is 5.41 Å². The maximum absolute atomic E-state index is 5.16. The molecule has 0 spiro atoms. The third-order valence-corrected chi connectivity index (χ3v) is 5.82. The number of rotatable bonds is 3. The van der Waals surface area contributed by atoms with Gasteiger partial charge in [0.05, 0.1) is 17.1 Å². The van der Waals surface area contributed by atoms with Gasteiger partial charge in [-0.15, -0.1) is 0 Å². The summed E-state index contributed by atoms with van der Waals surface area (Å²) in [6.45, 7) is 4.49. The van der Waals surface area contributed by atoms with Gasteiger partial charge in [0.1, 0.15) is 0 Å². The van der Waals surface area contributed by atoms with Gasteiger partial charge >= 0.3 is 0 Å². The lowest BCUT2D eigenvalue weighted by atomic mass is 9.81. The molecule has 2 heteroatoms. The van der Waals surface area contributed by atoms with Crippen LogP contribution in [0.15, 0.2) is 85.1 Å². The number of pyridine rings is 2. The van der Waals surface area contributed by atoms with Gasteiger partial charge in [-0.05, 0) is 41.0 Å². The van der Waals surface area contributed by atoms with E-state index in [9.17, 15) is 0 Å². The van der Waals surface area contributed by atoms with E-state index in [0.717, 1.165) is 29.1 Å². The summed E-state index contributed by atoms with van der Waals surface area (Å²) in [5, 5.41) is 0. The molecule has 1 aliphatic carbocycles. The molecule has 0 amide bonds. The zero-order chi connectivity index (χ0) is 19.1. The summed E-state index contributed by atoms with van der Waals surface area (Å²) in [6.07, 6.45) is 2.79. The van der Waals surface area contributed by atoms with E-state index in [0.29, 0.717) is 0 Å². The summed E-state index contributed by atoms with van der Waals surface area (Å²) in [4.78, 5) is 9.66. The van der Waals surface area contributed by atoms with E-state index < -0.39 is 0 Å². The Hall–Kier alpha value is -3.26. The summed E-state index contributed by atoms with van der Waals surface area (Å²) in [5.41, 5.74) is 9.39. The highest BCUT2D eigenvalue weighted by molar-refractivity contribution is 5.78. The fourth-order valence-electron chi connectivity index (χ4n) is 4.06. The van der Waals surface area contributed by atoms with Gasteiger partial charge in [0, 0.05) is 29.2 Å². The largest absolute Gasteiger partial charge is 0.256 e. The molecule has 4 aromatic rings. The Labute approximate surface area is 165 Å². The van der Waals surface area contributed by atoms with Gasteiger partial charge in [-0.3, -0.25) is 9.97 Å². The molecule has 28 heavy (non-hydrogen) atoms. The van der Waals surface area contributed by atoms with Gasteiger partial charge in [0.15, 0.2) is 0 Å². The minimum Gasteiger partial charge on any atom is -0.256 e. The molecule has 0 saturated carbocycles. The topological polar surface area (TPSA) is 25.8 Å². The van der Waals surface area contributed by atoms with Crippen molar-refractivity contribution in [3.05, 3.63) is 107 Å². The Kier molecular flexibility index (Phi) is 3.87. The van der Waals surface area contributed by atoms with Gasteiger partial charge in [-0.25, -0.2) is 0 Å². The normalized spacial score (nSPS) is 12.5. The molecule has 5 rings (SSSR count). The average molecular weight is 362 g/mol. The number of aromatic nitrogens is 2. The number of hydrogen-bond donors (Lipinski definition) is 0. The maximum atomic E-state index is 5.16. The van der Waals surface area contributed by atoms with Gasteiger partial charge in [0.2, 0.25) is 0 Å². The lowest BCUT2D eigenvalue weighted by molar-refractivity contribution is 0.617. The third-order valence-electron chi connectivity index (χ3n) is 5.82. The molecule has 0 N–H and O–H groups in total. The monoisotopic (exact) mass is 362 g/mol. The van der Waals surface area contributed by atoms with Crippen LogP contribution < -0.4 is 0 Å². The van der Waals surface area contributed by atoms with Crippen LogP contribution in [0.4, 0.5) is 0 Å². The molecular formula is C26H22N2. The van der Waals surface area contributed by atoms with Crippen LogP contribution in [0.3, 0.4) is 0 Å². The van der Waals surface area contributed by atoms with Crippen LogP contribution in [0.5, 0.6) is 0 Å². The Balaban J connectivity index is 1.61. The molecule has 0 fully saturated rings. The minimum atomic E-state index is -0.141. The number of nitrogens with zero attached hydrogens (tertiary/aromatic N) is 2. The Bertz CT molecular complexity index is 1150. The molecule has 0 bridgehead atoms. The van der Waals surface area contributed by atoms with E-state index in [2.05, 4.69) is 85.6 Å². The molecule has 1 aliphatic rings. The molecule has 0 saturated heterocycles. The SMILES string of the molecule is CC(C)(c1ccccc1)c1ccc2c(n1)-c1cc(-c3ccccn3)ccc1C2. The van der Waals surface area contributed by atoms with Gasteiger partial charge < -0.3 is 0 Å². The fraction of sp³-hybridized carbons (Fsp3) is 0.154. The molecule has 136 valence electrons. The highest BCUT2D eigenvalue weighted by Crippen LogP contribution is 2.40. The van der Waals surface area contributed by atoms with Crippen LogP contribution in [-0.4, -0.2) is 9.97 Å². The first-order valence-corrected chi connectivity index (χ1v) is 9.73. The lowest BCUT2D eigenvalue weighted by Gasteiger charge is -2.25. The predicted octanol–water partition coefficient (Wildman–Crippen LogP) is 6.04. The predicted molar refractivity (Wildman–Crippen MR) is 114 cm³/mol. The smallest absolute Gasteiger partial charge is 0.0744 e. The highest BCUT2D eigenvalue weighted by atomic mass is 14.8. The van der Waals surface area contributed by atoms with Crippen LogP contribution in [0.1, 0.15) is 36.2 Å². The number of fused-ring (bicyclic) bond motifs is 3. The van der Waals surface area contributed by atoms with Crippen molar-refractivity contribution in [2.75, 3.05) is 0 Å². The second-order valence-corrected chi connectivity index (χ2v) is 7.96. The molecule has 2 heterocycles. The van der Waals surface area contributed by atoms with Crippen molar-refractivity contribution < 1.29 is 0 Å². The molecule has 0 unspecified atom stereocenters. The van der Waals surface area contributed by atoms with E-state index in [4.69, 9.17) is 4.98 Å². The molecule has 0 radical (unpaired) electrons.